The van der Waals surface area contributed by atoms with E-state index in [2.05, 4.69) is 11.0 Å². The third-order valence-corrected chi connectivity index (χ3v) is 8.13. The summed E-state index contributed by atoms with van der Waals surface area (Å²) in [7, 11) is -3.09. The van der Waals surface area contributed by atoms with Gasteiger partial charge in [-0.1, -0.05) is 30.0 Å². The number of rotatable bonds is 4. The summed E-state index contributed by atoms with van der Waals surface area (Å²) in [4.78, 5) is 17.2. The standard InChI is InChI=1S/C20H21N3O4S2/c1-13-3-6-17(9-14(13)2)22-19-12-29(26,27)11-18(19)21-20(22)28-10-15-4-7-16(8-5-15)23(24)25/h3-9,18-19H,10-12H2,1-2H3/t18-,19-/m0/s1. The summed E-state index contributed by atoms with van der Waals surface area (Å²) in [5, 5.41) is 11.6. The van der Waals surface area contributed by atoms with Gasteiger partial charge in [0.2, 0.25) is 0 Å². The Bertz CT molecular complexity index is 1100. The normalized spacial score (nSPS) is 22.4. The maximum Gasteiger partial charge on any atom is 0.269 e. The van der Waals surface area contributed by atoms with Crippen molar-refractivity contribution in [2.24, 2.45) is 4.99 Å². The maximum absolute atomic E-state index is 12.2. The van der Waals surface area contributed by atoms with Crippen molar-refractivity contribution in [1.29, 1.82) is 0 Å². The van der Waals surface area contributed by atoms with Gasteiger partial charge in [0.05, 0.1) is 28.5 Å². The molecule has 2 heterocycles. The molecular formula is C20H21N3O4S2. The smallest absolute Gasteiger partial charge is 0.269 e. The highest BCUT2D eigenvalue weighted by molar-refractivity contribution is 8.13. The monoisotopic (exact) mass is 431 g/mol. The molecule has 9 heteroatoms. The number of nitrogens with zero attached hydrogens (tertiary/aromatic N) is 3. The van der Waals surface area contributed by atoms with E-state index in [0.29, 0.717) is 5.75 Å². The van der Waals surface area contributed by atoms with Gasteiger partial charge in [0.15, 0.2) is 15.0 Å². The number of nitro groups is 1. The van der Waals surface area contributed by atoms with Crippen molar-refractivity contribution in [3.63, 3.8) is 0 Å². The van der Waals surface area contributed by atoms with Crippen LogP contribution < -0.4 is 4.90 Å². The SMILES string of the molecule is Cc1ccc(N2C(SCc3ccc([N+](=O)[O-])cc3)=N[C@H]3CS(=O)(=O)C[C@@H]32)cc1C. The average molecular weight is 432 g/mol. The Morgan fingerprint density at radius 2 is 1.86 bits per heavy atom. The fraction of sp³-hybridized carbons (Fsp3) is 0.350. The molecule has 152 valence electrons. The first kappa shape index (κ1) is 19.9. The molecule has 2 aromatic rings. The van der Waals surface area contributed by atoms with E-state index < -0.39 is 14.8 Å². The number of sulfone groups is 1. The van der Waals surface area contributed by atoms with Crippen molar-refractivity contribution in [2.45, 2.75) is 31.7 Å². The minimum atomic E-state index is -3.09. The van der Waals surface area contributed by atoms with E-state index in [0.717, 1.165) is 22.0 Å². The molecule has 2 aromatic carbocycles. The molecule has 2 aliphatic heterocycles. The highest BCUT2D eigenvalue weighted by atomic mass is 32.2. The molecule has 0 saturated carbocycles. The van der Waals surface area contributed by atoms with Crippen LogP contribution in [-0.4, -0.2) is 42.1 Å². The predicted molar refractivity (Wildman–Crippen MR) is 116 cm³/mol. The Morgan fingerprint density at radius 3 is 2.52 bits per heavy atom. The van der Waals surface area contributed by atoms with E-state index in [-0.39, 0.29) is 29.3 Å². The number of amidine groups is 1. The van der Waals surface area contributed by atoms with Gasteiger partial charge in [-0.2, -0.15) is 0 Å². The van der Waals surface area contributed by atoms with Gasteiger partial charge in [0.1, 0.15) is 0 Å². The Balaban J connectivity index is 1.59. The van der Waals surface area contributed by atoms with Crippen LogP contribution in [-0.2, 0) is 15.6 Å². The fourth-order valence-electron chi connectivity index (χ4n) is 3.67. The summed E-state index contributed by atoms with van der Waals surface area (Å²) >= 11 is 1.53. The molecule has 1 fully saturated rings. The minimum absolute atomic E-state index is 0.0634. The molecular weight excluding hydrogens is 410 g/mol. The molecule has 29 heavy (non-hydrogen) atoms. The van der Waals surface area contributed by atoms with Gasteiger partial charge in [-0.15, -0.1) is 0 Å². The molecule has 0 bridgehead atoms. The molecule has 4 rings (SSSR count). The third kappa shape index (κ3) is 4.02. The first-order valence-electron chi connectivity index (χ1n) is 9.24. The van der Waals surface area contributed by atoms with Crippen molar-refractivity contribution in [1.82, 2.24) is 0 Å². The number of benzene rings is 2. The van der Waals surface area contributed by atoms with Crippen molar-refractivity contribution >= 4 is 38.1 Å². The maximum atomic E-state index is 12.2. The van der Waals surface area contributed by atoms with E-state index in [9.17, 15) is 18.5 Å². The second kappa shape index (κ2) is 7.46. The van der Waals surface area contributed by atoms with Crippen molar-refractivity contribution < 1.29 is 13.3 Å². The third-order valence-electron chi connectivity index (χ3n) is 5.39. The van der Waals surface area contributed by atoms with Crippen LogP contribution in [0.1, 0.15) is 16.7 Å². The van der Waals surface area contributed by atoms with Crippen LogP contribution in [0, 0.1) is 24.0 Å². The second-order valence-corrected chi connectivity index (χ2v) is 10.6. The number of aryl methyl sites for hydroxylation is 2. The quantitative estimate of drug-likeness (QED) is 0.543. The van der Waals surface area contributed by atoms with Crippen LogP contribution in [0.3, 0.4) is 0 Å². The number of nitro benzene ring substituents is 1. The van der Waals surface area contributed by atoms with Crippen LogP contribution in [0.25, 0.3) is 0 Å². The Morgan fingerprint density at radius 1 is 1.14 bits per heavy atom. The van der Waals surface area contributed by atoms with Crippen LogP contribution >= 0.6 is 11.8 Å². The summed E-state index contributed by atoms with van der Waals surface area (Å²) in [5.74, 6) is 0.792. The molecule has 2 aliphatic rings. The van der Waals surface area contributed by atoms with E-state index in [1.54, 1.807) is 12.1 Å². The molecule has 0 unspecified atom stereocenters. The molecule has 2 atom stereocenters. The number of anilines is 1. The Labute approximate surface area is 173 Å². The van der Waals surface area contributed by atoms with Crippen molar-refractivity contribution in [2.75, 3.05) is 16.4 Å². The summed E-state index contributed by atoms with van der Waals surface area (Å²) in [5.41, 5.74) is 4.29. The van der Waals surface area contributed by atoms with Crippen LogP contribution in [0.15, 0.2) is 47.5 Å². The summed E-state index contributed by atoms with van der Waals surface area (Å²) in [6, 6.07) is 12.2. The number of thioether (sulfide) groups is 1. The van der Waals surface area contributed by atoms with Crippen molar-refractivity contribution in [3.8, 4) is 0 Å². The second-order valence-electron chi connectivity index (χ2n) is 7.47. The lowest BCUT2D eigenvalue weighted by molar-refractivity contribution is -0.384. The lowest BCUT2D eigenvalue weighted by Gasteiger charge is -2.27. The van der Waals surface area contributed by atoms with Gasteiger partial charge in [-0.3, -0.25) is 15.1 Å². The predicted octanol–water partition coefficient (Wildman–Crippen LogP) is 3.49. The van der Waals surface area contributed by atoms with E-state index >= 15 is 0 Å². The average Bonchev–Trinajstić information content (AvgIpc) is 3.13. The van der Waals surface area contributed by atoms with Gasteiger partial charge in [0.25, 0.3) is 5.69 Å². The zero-order valence-electron chi connectivity index (χ0n) is 16.1. The summed E-state index contributed by atoms with van der Waals surface area (Å²) in [6.07, 6.45) is 0. The molecule has 0 amide bonds. The van der Waals surface area contributed by atoms with Crippen molar-refractivity contribution in [3.05, 3.63) is 69.3 Å². The molecule has 0 aromatic heterocycles. The fourth-order valence-corrected chi connectivity index (χ4v) is 6.60. The number of aliphatic imine (C=N–C) groups is 1. The summed E-state index contributed by atoms with van der Waals surface area (Å²) in [6.45, 7) is 4.09. The molecule has 0 aliphatic carbocycles. The number of hydrogen-bond acceptors (Lipinski definition) is 7. The highest BCUT2D eigenvalue weighted by Gasteiger charge is 2.47. The van der Waals surface area contributed by atoms with Gasteiger partial charge >= 0.3 is 0 Å². The molecule has 1 saturated heterocycles. The van der Waals surface area contributed by atoms with Crippen LogP contribution in [0.5, 0.6) is 0 Å². The zero-order valence-corrected chi connectivity index (χ0v) is 17.7. The molecule has 0 spiro atoms. The summed E-state index contributed by atoms with van der Waals surface area (Å²) < 4.78 is 24.3. The van der Waals surface area contributed by atoms with Gasteiger partial charge in [-0.05, 0) is 42.7 Å². The first-order valence-corrected chi connectivity index (χ1v) is 12.0. The molecule has 0 N–H and O–H groups in total. The van der Waals surface area contributed by atoms with E-state index in [1.807, 2.05) is 26.0 Å². The van der Waals surface area contributed by atoms with Crippen LogP contribution in [0.2, 0.25) is 0 Å². The van der Waals surface area contributed by atoms with Crippen LogP contribution in [0.4, 0.5) is 11.4 Å². The number of hydrogen-bond donors (Lipinski definition) is 0. The van der Waals surface area contributed by atoms with Gasteiger partial charge < -0.3 is 4.90 Å². The number of non-ortho nitro benzene ring substituents is 1. The molecule has 7 nitrogen and oxygen atoms in total. The lowest BCUT2D eigenvalue weighted by Crippen LogP contribution is -2.39. The molecule has 0 radical (unpaired) electrons. The van der Waals surface area contributed by atoms with E-state index in [1.165, 1.54) is 29.5 Å². The number of fused-ring (bicyclic) bond motifs is 1. The largest absolute Gasteiger partial charge is 0.315 e. The Kier molecular flexibility index (Phi) is 5.12. The van der Waals surface area contributed by atoms with E-state index in [4.69, 9.17) is 4.99 Å². The minimum Gasteiger partial charge on any atom is -0.315 e. The highest BCUT2D eigenvalue weighted by Crippen LogP contribution is 2.36. The van der Waals surface area contributed by atoms with Gasteiger partial charge in [0, 0.05) is 23.6 Å². The zero-order chi connectivity index (χ0) is 20.8. The first-order chi connectivity index (χ1) is 13.7. The Hall–Kier alpha value is -2.39. The van der Waals surface area contributed by atoms with Gasteiger partial charge in [-0.25, -0.2) is 8.42 Å². The topological polar surface area (TPSA) is 92.9 Å². The lowest BCUT2D eigenvalue weighted by atomic mass is 10.1.